The number of rotatable bonds is 5. The molecular formula is C21H21F3N2O2. The molecule has 3 rings (SSSR count). The average Bonchev–Trinajstić information content (AvgIpc) is 3.02. The minimum absolute atomic E-state index is 0.00853. The first-order valence-electron chi connectivity index (χ1n) is 8.99. The van der Waals surface area contributed by atoms with Gasteiger partial charge in [0.25, 0.3) is 0 Å². The molecule has 2 aromatic carbocycles. The summed E-state index contributed by atoms with van der Waals surface area (Å²) in [5.41, 5.74) is 1.73. The third kappa shape index (κ3) is 4.91. The maximum atomic E-state index is 12.8. The zero-order chi connectivity index (χ0) is 20.3. The van der Waals surface area contributed by atoms with Gasteiger partial charge in [0.15, 0.2) is 0 Å². The highest BCUT2D eigenvalue weighted by Gasteiger charge is 2.34. The van der Waals surface area contributed by atoms with Crippen LogP contribution in [0.15, 0.2) is 48.5 Å². The molecule has 1 heterocycles. The number of benzene rings is 2. The Balaban J connectivity index is 1.55. The summed E-state index contributed by atoms with van der Waals surface area (Å²) in [4.78, 5) is 26.2. The van der Waals surface area contributed by atoms with Crippen molar-refractivity contribution < 1.29 is 22.8 Å². The molecule has 1 N–H and O–H groups in total. The van der Waals surface area contributed by atoms with E-state index >= 15 is 0 Å². The first-order chi connectivity index (χ1) is 13.2. The number of amides is 2. The molecule has 0 saturated carbocycles. The Hall–Kier alpha value is -2.83. The fraction of sp³-hybridized carbons (Fsp3) is 0.333. The molecule has 2 amide bonds. The number of aryl methyl sites for hydroxylation is 1. The van der Waals surface area contributed by atoms with Gasteiger partial charge >= 0.3 is 6.18 Å². The topological polar surface area (TPSA) is 49.4 Å². The molecule has 0 bridgehead atoms. The quantitative estimate of drug-likeness (QED) is 0.847. The lowest BCUT2D eigenvalue weighted by Gasteiger charge is -2.17. The third-order valence-electron chi connectivity index (χ3n) is 4.80. The maximum Gasteiger partial charge on any atom is 0.416 e. The number of nitrogens with zero attached hydrogens (tertiary/aromatic N) is 1. The molecule has 148 valence electrons. The molecule has 1 unspecified atom stereocenters. The van der Waals surface area contributed by atoms with Gasteiger partial charge in [0, 0.05) is 26.1 Å². The standard InChI is InChI=1S/C21H21F3N2O2/c1-14-5-7-15(8-6-14)12-26-13-17(10-19(26)27)20(28)25-11-16-3-2-4-18(9-16)21(22,23)24/h2-9,17H,10-13H2,1H3,(H,25,28). The molecule has 0 aliphatic carbocycles. The number of alkyl halides is 3. The van der Waals surface area contributed by atoms with Crippen LogP contribution in [0.1, 0.15) is 28.7 Å². The summed E-state index contributed by atoms with van der Waals surface area (Å²) < 4.78 is 38.3. The van der Waals surface area contributed by atoms with Crippen molar-refractivity contribution in [2.24, 2.45) is 5.92 Å². The number of carbonyl (C=O) groups is 2. The molecule has 0 aromatic heterocycles. The van der Waals surface area contributed by atoms with Crippen LogP contribution in [0.3, 0.4) is 0 Å². The van der Waals surface area contributed by atoms with Gasteiger partial charge in [0.1, 0.15) is 0 Å². The summed E-state index contributed by atoms with van der Waals surface area (Å²) >= 11 is 0. The lowest BCUT2D eigenvalue weighted by Crippen LogP contribution is -2.32. The highest BCUT2D eigenvalue weighted by molar-refractivity contribution is 5.89. The molecule has 2 aromatic rings. The summed E-state index contributed by atoms with van der Waals surface area (Å²) in [6, 6.07) is 12.7. The van der Waals surface area contributed by atoms with E-state index in [9.17, 15) is 22.8 Å². The van der Waals surface area contributed by atoms with Crippen molar-refractivity contribution in [2.45, 2.75) is 32.6 Å². The fourth-order valence-corrected chi connectivity index (χ4v) is 3.21. The maximum absolute atomic E-state index is 12.8. The van der Waals surface area contributed by atoms with Gasteiger partial charge in [-0.25, -0.2) is 0 Å². The zero-order valence-electron chi connectivity index (χ0n) is 15.4. The Morgan fingerprint density at radius 2 is 1.86 bits per heavy atom. The SMILES string of the molecule is Cc1ccc(CN2CC(C(=O)NCc3cccc(C(F)(F)F)c3)CC2=O)cc1. The Morgan fingerprint density at radius 3 is 2.54 bits per heavy atom. The van der Waals surface area contributed by atoms with Gasteiger partial charge in [-0.1, -0.05) is 42.0 Å². The van der Waals surface area contributed by atoms with Crippen molar-refractivity contribution in [1.29, 1.82) is 0 Å². The Morgan fingerprint density at radius 1 is 1.14 bits per heavy atom. The van der Waals surface area contributed by atoms with Crippen molar-refractivity contribution in [3.63, 3.8) is 0 Å². The van der Waals surface area contributed by atoms with Gasteiger partial charge in [-0.15, -0.1) is 0 Å². The van der Waals surface area contributed by atoms with Gasteiger partial charge in [0.05, 0.1) is 11.5 Å². The van der Waals surface area contributed by atoms with E-state index in [1.54, 1.807) is 4.90 Å². The second-order valence-electron chi connectivity index (χ2n) is 7.08. The van der Waals surface area contributed by atoms with E-state index in [0.717, 1.165) is 23.3 Å². The molecule has 1 fully saturated rings. The largest absolute Gasteiger partial charge is 0.416 e. The first-order valence-corrected chi connectivity index (χ1v) is 8.99. The number of nitrogens with one attached hydrogen (secondary N) is 1. The van der Waals surface area contributed by atoms with Gasteiger partial charge in [-0.2, -0.15) is 13.2 Å². The molecule has 1 saturated heterocycles. The van der Waals surface area contributed by atoms with Crippen LogP contribution in [0.4, 0.5) is 13.2 Å². The monoisotopic (exact) mass is 390 g/mol. The number of likely N-dealkylation sites (tertiary alicyclic amines) is 1. The zero-order valence-corrected chi connectivity index (χ0v) is 15.4. The van der Waals surface area contributed by atoms with Crippen molar-refractivity contribution in [2.75, 3.05) is 6.54 Å². The molecular weight excluding hydrogens is 369 g/mol. The highest BCUT2D eigenvalue weighted by Crippen LogP contribution is 2.29. The fourth-order valence-electron chi connectivity index (χ4n) is 3.21. The Labute approximate surface area is 161 Å². The third-order valence-corrected chi connectivity index (χ3v) is 4.80. The summed E-state index contributed by atoms with van der Waals surface area (Å²) in [7, 11) is 0. The van der Waals surface area contributed by atoms with Crippen LogP contribution in [0, 0.1) is 12.8 Å². The first kappa shape index (κ1) is 19.9. The molecule has 0 radical (unpaired) electrons. The Bertz CT molecular complexity index is 863. The van der Waals surface area contributed by atoms with Gasteiger partial charge < -0.3 is 10.2 Å². The van der Waals surface area contributed by atoms with E-state index in [2.05, 4.69) is 5.32 Å². The van der Waals surface area contributed by atoms with Crippen molar-refractivity contribution >= 4 is 11.8 Å². The summed E-state index contributed by atoms with van der Waals surface area (Å²) in [5.74, 6) is -0.916. The van der Waals surface area contributed by atoms with E-state index in [1.165, 1.54) is 12.1 Å². The van der Waals surface area contributed by atoms with E-state index in [-0.39, 0.29) is 24.8 Å². The number of carbonyl (C=O) groups excluding carboxylic acids is 2. The van der Waals surface area contributed by atoms with E-state index in [0.29, 0.717) is 18.7 Å². The van der Waals surface area contributed by atoms with Gasteiger partial charge in [-0.05, 0) is 30.2 Å². The summed E-state index contributed by atoms with van der Waals surface area (Å²) in [5, 5.41) is 2.65. The molecule has 7 heteroatoms. The molecule has 28 heavy (non-hydrogen) atoms. The molecule has 0 spiro atoms. The minimum Gasteiger partial charge on any atom is -0.352 e. The predicted octanol–water partition coefficient (Wildman–Crippen LogP) is 3.68. The van der Waals surface area contributed by atoms with Gasteiger partial charge in [0.2, 0.25) is 11.8 Å². The average molecular weight is 390 g/mol. The van der Waals surface area contributed by atoms with E-state index in [4.69, 9.17) is 0 Å². The Kier molecular flexibility index (Phi) is 5.72. The van der Waals surface area contributed by atoms with E-state index in [1.807, 2.05) is 31.2 Å². The predicted molar refractivity (Wildman–Crippen MR) is 98.0 cm³/mol. The van der Waals surface area contributed by atoms with Crippen LogP contribution in [-0.2, 0) is 28.9 Å². The number of hydrogen-bond acceptors (Lipinski definition) is 2. The van der Waals surface area contributed by atoms with Crippen LogP contribution in [0.25, 0.3) is 0 Å². The second-order valence-corrected chi connectivity index (χ2v) is 7.08. The highest BCUT2D eigenvalue weighted by atomic mass is 19.4. The van der Waals surface area contributed by atoms with Crippen LogP contribution in [0.5, 0.6) is 0 Å². The van der Waals surface area contributed by atoms with Crippen molar-refractivity contribution in [3.8, 4) is 0 Å². The molecule has 1 aliphatic rings. The molecule has 1 aliphatic heterocycles. The van der Waals surface area contributed by atoms with Crippen molar-refractivity contribution in [1.82, 2.24) is 10.2 Å². The molecule has 4 nitrogen and oxygen atoms in total. The second kappa shape index (κ2) is 8.04. The van der Waals surface area contributed by atoms with Crippen LogP contribution < -0.4 is 5.32 Å². The van der Waals surface area contributed by atoms with Gasteiger partial charge in [-0.3, -0.25) is 9.59 Å². The van der Waals surface area contributed by atoms with Crippen LogP contribution in [0.2, 0.25) is 0 Å². The normalized spacial score (nSPS) is 17.1. The lowest BCUT2D eigenvalue weighted by atomic mass is 10.1. The lowest BCUT2D eigenvalue weighted by molar-refractivity contribution is -0.137. The van der Waals surface area contributed by atoms with Crippen LogP contribution >= 0.6 is 0 Å². The summed E-state index contributed by atoms with van der Waals surface area (Å²) in [6.45, 7) is 2.72. The van der Waals surface area contributed by atoms with E-state index < -0.39 is 17.7 Å². The smallest absolute Gasteiger partial charge is 0.352 e. The number of hydrogen-bond donors (Lipinski definition) is 1. The van der Waals surface area contributed by atoms with Crippen LogP contribution in [-0.4, -0.2) is 23.3 Å². The summed E-state index contributed by atoms with van der Waals surface area (Å²) in [6.07, 6.45) is -4.31. The minimum atomic E-state index is -4.42. The molecule has 1 atom stereocenters. The number of halogens is 3. The van der Waals surface area contributed by atoms with Crippen molar-refractivity contribution in [3.05, 3.63) is 70.8 Å².